The summed E-state index contributed by atoms with van der Waals surface area (Å²) in [5.74, 6) is 0.846. The Labute approximate surface area is 66.1 Å². The summed E-state index contributed by atoms with van der Waals surface area (Å²) in [6.07, 6.45) is 0.198. The minimum atomic E-state index is -0.712. The predicted molar refractivity (Wildman–Crippen MR) is 40.2 cm³/mol. The number of ether oxygens (including phenoxy) is 1. The zero-order chi connectivity index (χ0) is 7.68. The third-order valence-corrected chi connectivity index (χ3v) is 2.76. The monoisotopic (exact) mass is 159 g/mol. The summed E-state index contributed by atoms with van der Waals surface area (Å²) < 4.78 is 18.2. The molecule has 2 fully saturated rings. The lowest BCUT2D eigenvalue weighted by Crippen LogP contribution is -2.50. The normalized spacial score (nSPS) is 40.1. The van der Waals surface area contributed by atoms with Crippen LogP contribution in [-0.4, -0.2) is 32.5 Å². The van der Waals surface area contributed by atoms with Crippen LogP contribution in [0.4, 0.5) is 4.39 Å². The molecular formula is C8H14FNO. The van der Waals surface area contributed by atoms with Gasteiger partial charge in [-0.3, -0.25) is 0 Å². The van der Waals surface area contributed by atoms with Gasteiger partial charge in [-0.2, -0.15) is 0 Å². The quantitative estimate of drug-likeness (QED) is 0.604. The molecule has 2 aliphatic heterocycles. The molecule has 64 valence electrons. The average Bonchev–Trinajstić information content (AvgIpc) is 1.90. The lowest BCUT2D eigenvalue weighted by molar-refractivity contribution is -0.0299. The van der Waals surface area contributed by atoms with Crippen molar-refractivity contribution in [1.82, 2.24) is 5.32 Å². The van der Waals surface area contributed by atoms with Crippen molar-refractivity contribution >= 4 is 0 Å². The van der Waals surface area contributed by atoms with Crippen LogP contribution >= 0.6 is 0 Å². The first-order valence-electron chi connectivity index (χ1n) is 4.30. The highest BCUT2D eigenvalue weighted by molar-refractivity contribution is 4.87. The fourth-order valence-corrected chi connectivity index (χ4v) is 1.86. The third-order valence-electron chi connectivity index (χ3n) is 2.76. The molecule has 0 aromatic rings. The van der Waals surface area contributed by atoms with Crippen LogP contribution in [0.3, 0.4) is 0 Å². The molecule has 2 atom stereocenters. The van der Waals surface area contributed by atoms with E-state index in [1.54, 1.807) is 0 Å². The summed E-state index contributed by atoms with van der Waals surface area (Å²) >= 11 is 0. The largest absolute Gasteiger partial charge is 0.378 e. The molecule has 2 nitrogen and oxygen atoms in total. The van der Waals surface area contributed by atoms with E-state index in [1.165, 1.54) is 0 Å². The van der Waals surface area contributed by atoms with E-state index in [1.807, 2.05) is 0 Å². The van der Waals surface area contributed by atoms with E-state index in [0.29, 0.717) is 12.5 Å². The van der Waals surface area contributed by atoms with Crippen molar-refractivity contribution < 1.29 is 9.13 Å². The smallest absolute Gasteiger partial charge is 0.127 e. The molecule has 3 heteroatoms. The average molecular weight is 159 g/mol. The van der Waals surface area contributed by atoms with E-state index in [4.69, 9.17) is 4.74 Å². The second-order valence-electron chi connectivity index (χ2n) is 3.46. The Hall–Kier alpha value is -0.150. The van der Waals surface area contributed by atoms with Crippen LogP contribution in [0.2, 0.25) is 0 Å². The first kappa shape index (κ1) is 7.50. The van der Waals surface area contributed by atoms with Crippen molar-refractivity contribution in [2.75, 3.05) is 26.3 Å². The van der Waals surface area contributed by atoms with Crippen LogP contribution in [0.25, 0.3) is 0 Å². The molecule has 0 spiro atoms. The Balaban J connectivity index is 1.88. The number of nitrogens with one attached hydrogen (secondary N) is 1. The number of rotatable bonds is 1. The number of alkyl halides is 1. The van der Waals surface area contributed by atoms with Gasteiger partial charge in [-0.05, 0) is 31.3 Å². The molecule has 0 aromatic heterocycles. The Morgan fingerprint density at radius 3 is 2.73 bits per heavy atom. The van der Waals surface area contributed by atoms with Gasteiger partial charge >= 0.3 is 0 Å². The highest BCUT2D eigenvalue weighted by Gasteiger charge is 2.35. The maximum absolute atomic E-state index is 13.2. The summed E-state index contributed by atoms with van der Waals surface area (Å²) in [7, 11) is 0. The minimum absolute atomic E-state index is 0.269. The summed E-state index contributed by atoms with van der Waals surface area (Å²) in [6.45, 7) is 3.08. The second-order valence-corrected chi connectivity index (χ2v) is 3.46. The Kier molecular flexibility index (Phi) is 2.09. The first-order chi connectivity index (χ1) is 5.38. The molecule has 11 heavy (non-hydrogen) atoms. The van der Waals surface area contributed by atoms with Crippen molar-refractivity contribution in [3.05, 3.63) is 0 Å². The molecule has 0 amide bonds. The SMILES string of the molecule is FC1COCCC1C1CNC1. The molecule has 2 saturated heterocycles. The molecule has 0 radical (unpaired) electrons. The van der Waals surface area contributed by atoms with Gasteiger partial charge < -0.3 is 10.1 Å². The zero-order valence-corrected chi connectivity index (χ0v) is 6.55. The second kappa shape index (κ2) is 3.07. The van der Waals surface area contributed by atoms with E-state index in [0.717, 1.165) is 26.1 Å². The van der Waals surface area contributed by atoms with Gasteiger partial charge in [-0.25, -0.2) is 4.39 Å². The Bertz CT molecular complexity index is 136. The lowest BCUT2D eigenvalue weighted by Gasteiger charge is -2.38. The topological polar surface area (TPSA) is 21.3 Å². The number of hydrogen-bond acceptors (Lipinski definition) is 2. The lowest BCUT2D eigenvalue weighted by atomic mass is 9.81. The van der Waals surface area contributed by atoms with Gasteiger partial charge in [0.2, 0.25) is 0 Å². The minimum Gasteiger partial charge on any atom is -0.378 e. The van der Waals surface area contributed by atoms with Gasteiger partial charge in [0, 0.05) is 6.61 Å². The van der Waals surface area contributed by atoms with Crippen LogP contribution in [0.5, 0.6) is 0 Å². The molecule has 2 aliphatic rings. The summed E-state index contributed by atoms with van der Waals surface area (Å²) in [4.78, 5) is 0. The predicted octanol–water partition coefficient (Wildman–Crippen LogP) is 0.580. The molecule has 0 aliphatic carbocycles. The molecule has 0 saturated carbocycles. The molecule has 0 aromatic carbocycles. The summed E-state index contributed by atoms with van der Waals surface area (Å²) in [5.41, 5.74) is 0. The Morgan fingerprint density at radius 1 is 1.36 bits per heavy atom. The van der Waals surface area contributed by atoms with Crippen LogP contribution < -0.4 is 5.32 Å². The molecular weight excluding hydrogens is 145 g/mol. The maximum Gasteiger partial charge on any atom is 0.127 e. The number of halogens is 1. The molecule has 0 bridgehead atoms. The summed E-state index contributed by atoms with van der Waals surface area (Å²) in [6, 6.07) is 0. The van der Waals surface area contributed by atoms with E-state index in [2.05, 4.69) is 5.32 Å². The molecule has 1 N–H and O–H groups in total. The van der Waals surface area contributed by atoms with E-state index in [9.17, 15) is 4.39 Å². The number of hydrogen-bond donors (Lipinski definition) is 1. The highest BCUT2D eigenvalue weighted by atomic mass is 19.1. The van der Waals surface area contributed by atoms with Gasteiger partial charge in [0.25, 0.3) is 0 Å². The van der Waals surface area contributed by atoms with E-state index < -0.39 is 6.17 Å². The highest BCUT2D eigenvalue weighted by Crippen LogP contribution is 2.28. The summed E-state index contributed by atoms with van der Waals surface area (Å²) in [5, 5.41) is 3.17. The molecule has 2 rings (SSSR count). The maximum atomic E-state index is 13.2. The van der Waals surface area contributed by atoms with Crippen molar-refractivity contribution in [3.8, 4) is 0 Å². The van der Waals surface area contributed by atoms with Gasteiger partial charge in [0.05, 0.1) is 6.61 Å². The van der Waals surface area contributed by atoms with Gasteiger partial charge in [-0.1, -0.05) is 0 Å². The molecule has 2 unspecified atom stereocenters. The van der Waals surface area contributed by atoms with Gasteiger partial charge in [-0.15, -0.1) is 0 Å². The van der Waals surface area contributed by atoms with Crippen molar-refractivity contribution in [1.29, 1.82) is 0 Å². The van der Waals surface area contributed by atoms with Crippen molar-refractivity contribution in [2.45, 2.75) is 12.6 Å². The van der Waals surface area contributed by atoms with Crippen LogP contribution in [0, 0.1) is 11.8 Å². The van der Waals surface area contributed by atoms with Crippen LogP contribution in [0.15, 0.2) is 0 Å². The van der Waals surface area contributed by atoms with Crippen LogP contribution in [-0.2, 0) is 4.74 Å². The standard InChI is InChI=1S/C8H14FNO/c9-8-5-11-2-1-7(8)6-3-10-4-6/h6-8,10H,1-5H2. The third kappa shape index (κ3) is 1.40. The van der Waals surface area contributed by atoms with Crippen molar-refractivity contribution in [3.63, 3.8) is 0 Å². The van der Waals surface area contributed by atoms with Crippen LogP contribution in [0.1, 0.15) is 6.42 Å². The first-order valence-corrected chi connectivity index (χ1v) is 4.30. The van der Waals surface area contributed by atoms with Crippen molar-refractivity contribution in [2.24, 2.45) is 11.8 Å². The van der Waals surface area contributed by atoms with Gasteiger partial charge in [0.1, 0.15) is 6.17 Å². The zero-order valence-electron chi connectivity index (χ0n) is 6.55. The van der Waals surface area contributed by atoms with E-state index in [-0.39, 0.29) is 5.92 Å². The van der Waals surface area contributed by atoms with Gasteiger partial charge in [0.15, 0.2) is 0 Å². The molecule has 2 heterocycles. The fourth-order valence-electron chi connectivity index (χ4n) is 1.86. The Morgan fingerprint density at radius 2 is 2.18 bits per heavy atom. The fraction of sp³-hybridized carbons (Fsp3) is 1.00. The van der Waals surface area contributed by atoms with E-state index >= 15 is 0 Å².